The Morgan fingerprint density at radius 2 is 2.00 bits per heavy atom. The molecule has 1 aromatic rings. The van der Waals surface area contributed by atoms with Gasteiger partial charge in [0.1, 0.15) is 0 Å². The van der Waals surface area contributed by atoms with Crippen molar-refractivity contribution in [3.8, 4) is 0 Å². The molecule has 1 rings (SSSR count). The van der Waals surface area contributed by atoms with Crippen LogP contribution in [0.25, 0.3) is 0 Å². The Hall–Kier alpha value is -1.11. The first kappa shape index (κ1) is 16.9. The number of rotatable bonds is 11. The van der Waals surface area contributed by atoms with Crippen molar-refractivity contribution in [1.29, 1.82) is 0 Å². The molecule has 0 amide bonds. The number of likely N-dealkylation sites (N-methyl/N-ethyl adjacent to an activating group) is 1. The monoisotopic (exact) mass is 284 g/mol. The summed E-state index contributed by atoms with van der Waals surface area (Å²) < 4.78 is 12.3. The zero-order chi connectivity index (χ0) is 14.8. The number of aromatic nitrogens is 2. The van der Waals surface area contributed by atoms with Gasteiger partial charge in [0.15, 0.2) is 0 Å². The van der Waals surface area contributed by atoms with Crippen molar-refractivity contribution >= 4 is 5.95 Å². The normalized spacial score (nSPS) is 11.2. The van der Waals surface area contributed by atoms with Gasteiger partial charge in [-0.3, -0.25) is 0 Å². The number of ether oxygens (including phenoxy) is 2. The largest absolute Gasteiger partial charge is 0.385 e. The lowest BCUT2D eigenvalue weighted by atomic mass is 10.4. The van der Waals surface area contributed by atoms with Crippen LogP contribution in [0.5, 0.6) is 0 Å². The Labute approximate surface area is 122 Å². The molecule has 0 saturated heterocycles. The average Bonchev–Trinajstić information content (AvgIpc) is 2.77. The fourth-order valence-corrected chi connectivity index (χ4v) is 1.96. The summed E-state index contributed by atoms with van der Waals surface area (Å²) >= 11 is 0. The second-order valence-corrected chi connectivity index (χ2v) is 4.97. The van der Waals surface area contributed by atoms with Gasteiger partial charge in [0.25, 0.3) is 0 Å². The minimum Gasteiger partial charge on any atom is -0.385 e. The van der Waals surface area contributed by atoms with Gasteiger partial charge in [-0.25, -0.2) is 4.98 Å². The summed E-state index contributed by atoms with van der Waals surface area (Å²) in [7, 11) is 5.55. The second-order valence-electron chi connectivity index (χ2n) is 4.97. The van der Waals surface area contributed by atoms with E-state index in [-0.39, 0.29) is 0 Å². The van der Waals surface area contributed by atoms with Crippen LogP contribution in [0.3, 0.4) is 0 Å². The van der Waals surface area contributed by atoms with Crippen LogP contribution < -0.4 is 5.32 Å². The van der Waals surface area contributed by atoms with Crippen molar-refractivity contribution in [2.45, 2.75) is 19.9 Å². The molecule has 0 fully saturated rings. The van der Waals surface area contributed by atoms with Gasteiger partial charge in [0.2, 0.25) is 5.95 Å². The first-order chi connectivity index (χ1) is 9.67. The molecule has 0 aliphatic heterocycles. The number of hydrogen-bond donors (Lipinski definition) is 1. The maximum absolute atomic E-state index is 5.09. The molecule has 20 heavy (non-hydrogen) atoms. The highest BCUT2D eigenvalue weighted by Crippen LogP contribution is 2.09. The first-order valence-corrected chi connectivity index (χ1v) is 7.11. The third kappa shape index (κ3) is 6.36. The summed E-state index contributed by atoms with van der Waals surface area (Å²) in [6.45, 7) is 7.27. The third-order valence-electron chi connectivity index (χ3n) is 3.10. The summed E-state index contributed by atoms with van der Waals surface area (Å²) in [6.07, 6.45) is 3.07. The molecule has 116 valence electrons. The Kier molecular flexibility index (Phi) is 8.25. The van der Waals surface area contributed by atoms with Crippen molar-refractivity contribution in [3.63, 3.8) is 0 Å². The van der Waals surface area contributed by atoms with Gasteiger partial charge < -0.3 is 24.3 Å². The zero-order valence-corrected chi connectivity index (χ0v) is 13.2. The number of aryl methyl sites for hydroxylation is 2. The van der Waals surface area contributed by atoms with E-state index in [0.29, 0.717) is 0 Å². The van der Waals surface area contributed by atoms with Crippen molar-refractivity contribution in [1.82, 2.24) is 14.5 Å². The molecule has 1 heterocycles. The molecule has 0 bridgehead atoms. The number of methoxy groups -OCH3 is 2. The first-order valence-electron chi connectivity index (χ1n) is 7.11. The maximum atomic E-state index is 5.09. The van der Waals surface area contributed by atoms with Gasteiger partial charge in [-0.1, -0.05) is 0 Å². The van der Waals surface area contributed by atoms with E-state index in [1.54, 1.807) is 14.2 Å². The molecule has 1 aromatic heterocycles. The van der Waals surface area contributed by atoms with E-state index in [0.717, 1.165) is 57.5 Å². The Morgan fingerprint density at radius 3 is 2.70 bits per heavy atom. The van der Waals surface area contributed by atoms with Gasteiger partial charge >= 0.3 is 0 Å². The van der Waals surface area contributed by atoms with E-state index < -0.39 is 0 Å². The highest BCUT2D eigenvalue weighted by atomic mass is 16.5. The van der Waals surface area contributed by atoms with E-state index in [2.05, 4.69) is 33.0 Å². The van der Waals surface area contributed by atoms with Crippen LogP contribution >= 0.6 is 0 Å². The van der Waals surface area contributed by atoms with Gasteiger partial charge in [-0.15, -0.1) is 0 Å². The molecular weight excluding hydrogens is 256 g/mol. The molecule has 0 atom stereocenters. The van der Waals surface area contributed by atoms with Crippen molar-refractivity contribution in [2.24, 2.45) is 0 Å². The maximum Gasteiger partial charge on any atom is 0.203 e. The SMILES string of the molecule is COCCCn1cc(C)nc1NCCN(C)CCOC. The number of anilines is 1. The number of hydrogen-bond acceptors (Lipinski definition) is 5. The average molecular weight is 284 g/mol. The quantitative estimate of drug-likeness (QED) is 0.619. The molecule has 6 nitrogen and oxygen atoms in total. The summed E-state index contributed by atoms with van der Waals surface area (Å²) in [5.74, 6) is 0.943. The molecular formula is C14H28N4O2. The lowest BCUT2D eigenvalue weighted by Crippen LogP contribution is -2.28. The molecule has 1 N–H and O–H groups in total. The minimum absolute atomic E-state index is 0.765. The van der Waals surface area contributed by atoms with Crippen LogP contribution in [0.4, 0.5) is 5.95 Å². The predicted octanol–water partition coefficient (Wildman–Crippen LogP) is 1.22. The van der Waals surface area contributed by atoms with Gasteiger partial charge in [-0.2, -0.15) is 0 Å². The van der Waals surface area contributed by atoms with E-state index in [9.17, 15) is 0 Å². The Balaban J connectivity index is 2.35. The lowest BCUT2D eigenvalue weighted by molar-refractivity contribution is 0.163. The molecule has 0 aromatic carbocycles. The topological polar surface area (TPSA) is 51.5 Å². The Bertz CT molecular complexity index is 368. The van der Waals surface area contributed by atoms with Crippen molar-refractivity contribution in [2.75, 3.05) is 59.4 Å². The van der Waals surface area contributed by atoms with Crippen LogP contribution in [0, 0.1) is 6.92 Å². The second kappa shape index (κ2) is 9.74. The lowest BCUT2D eigenvalue weighted by Gasteiger charge is -2.16. The van der Waals surface area contributed by atoms with Crippen molar-refractivity contribution in [3.05, 3.63) is 11.9 Å². The van der Waals surface area contributed by atoms with Crippen LogP contribution in [0.1, 0.15) is 12.1 Å². The smallest absolute Gasteiger partial charge is 0.203 e. The summed E-state index contributed by atoms with van der Waals surface area (Å²) in [5, 5.41) is 3.40. The predicted molar refractivity (Wildman–Crippen MR) is 81.3 cm³/mol. The fraction of sp³-hybridized carbons (Fsp3) is 0.786. The van der Waals surface area contributed by atoms with Gasteiger partial charge in [0, 0.05) is 53.2 Å². The number of imidazole rings is 1. The fourth-order valence-electron chi connectivity index (χ4n) is 1.96. The van der Waals surface area contributed by atoms with Crippen molar-refractivity contribution < 1.29 is 9.47 Å². The zero-order valence-electron chi connectivity index (χ0n) is 13.2. The number of nitrogens with one attached hydrogen (secondary N) is 1. The Morgan fingerprint density at radius 1 is 1.25 bits per heavy atom. The summed E-state index contributed by atoms with van der Waals surface area (Å²) in [5.41, 5.74) is 1.04. The molecule has 0 unspecified atom stereocenters. The summed E-state index contributed by atoms with van der Waals surface area (Å²) in [6, 6.07) is 0. The molecule has 0 saturated carbocycles. The summed E-state index contributed by atoms with van der Waals surface area (Å²) in [4.78, 5) is 6.75. The number of nitrogens with zero attached hydrogens (tertiary/aromatic N) is 3. The molecule has 0 radical (unpaired) electrons. The van der Waals surface area contributed by atoms with Crippen LogP contribution in [0.15, 0.2) is 6.20 Å². The molecule has 0 aliphatic carbocycles. The van der Waals surface area contributed by atoms with Crippen LogP contribution in [-0.2, 0) is 16.0 Å². The third-order valence-corrected chi connectivity index (χ3v) is 3.10. The van der Waals surface area contributed by atoms with E-state index in [1.165, 1.54) is 0 Å². The molecule has 6 heteroatoms. The van der Waals surface area contributed by atoms with E-state index in [1.807, 2.05) is 6.92 Å². The van der Waals surface area contributed by atoms with E-state index in [4.69, 9.17) is 9.47 Å². The van der Waals surface area contributed by atoms with E-state index >= 15 is 0 Å². The van der Waals surface area contributed by atoms with Gasteiger partial charge in [0.05, 0.1) is 12.3 Å². The minimum atomic E-state index is 0.765. The van der Waals surface area contributed by atoms with Gasteiger partial charge in [-0.05, 0) is 20.4 Å². The highest BCUT2D eigenvalue weighted by Gasteiger charge is 2.05. The standard InChI is InChI=1S/C14H28N4O2/c1-13-12-18(7-5-10-19-3)14(16-13)15-6-8-17(2)9-11-20-4/h12H,5-11H2,1-4H3,(H,15,16). The van der Waals surface area contributed by atoms with Crippen LogP contribution in [-0.4, -0.2) is 68.6 Å². The highest BCUT2D eigenvalue weighted by molar-refractivity contribution is 5.28. The molecule has 0 spiro atoms. The molecule has 0 aliphatic rings. The van der Waals surface area contributed by atoms with Crippen LogP contribution in [0.2, 0.25) is 0 Å².